The molecule has 2 aromatic rings. The summed E-state index contributed by atoms with van der Waals surface area (Å²) in [6.45, 7) is 8.91. The van der Waals surface area contributed by atoms with Crippen LogP contribution in [0.1, 0.15) is 28.1 Å². The third kappa shape index (κ3) is 3.59. The Morgan fingerprint density at radius 2 is 1.78 bits per heavy atom. The van der Waals surface area contributed by atoms with Gasteiger partial charge in [0.2, 0.25) is 0 Å². The first-order chi connectivity index (χ1) is 12.8. The topological polar surface area (TPSA) is 51.5 Å². The van der Waals surface area contributed by atoms with Crippen LogP contribution < -0.4 is 0 Å². The number of aromatic nitrogens is 1. The number of imide groups is 1. The van der Waals surface area contributed by atoms with Gasteiger partial charge in [-0.3, -0.25) is 14.5 Å². The number of thioether (sulfide) groups is 1. The highest BCUT2D eigenvalue weighted by atomic mass is 32.2. The largest absolute Gasteiger partial charge is 0.383 e. The van der Waals surface area contributed by atoms with Gasteiger partial charge in [-0.05, 0) is 68.3 Å². The number of carbonyl (C=O) groups is 2. The smallest absolute Gasteiger partial charge is 0.293 e. The van der Waals surface area contributed by atoms with Crippen LogP contribution in [-0.2, 0) is 9.53 Å². The first-order valence-electron chi connectivity index (χ1n) is 8.85. The Labute approximate surface area is 164 Å². The zero-order valence-electron chi connectivity index (χ0n) is 16.3. The lowest BCUT2D eigenvalue weighted by atomic mass is 10.1. The van der Waals surface area contributed by atoms with Crippen molar-refractivity contribution in [2.45, 2.75) is 27.7 Å². The molecule has 0 atom stereocenters. The Balaban J connectivity index is 2.00. The first kappa shape index (κ1) is 19.5. The Bertz CT molecular complexity index is 923. The Hall–Kier alpha value is -2.31. The van der Waals surface area contributed by atoms with Gasteiger partial charge >= 0.3 is 0 Å². The van der Waals surface area contributed by atoms with E-state index >= 15 is 0 Å². The average molecular weight is 385 g/mol. The molecule has 0 bridgehead atoms. The number of rotatable bonds is 5. The quantitative estimate of drug-likeness (QED) is 0.717. The fraction of sp³-hybridized carbons (Fsp3) is 0.333. The second kappa shape index (κ2) is 7.74. The lowest BCUT2D eigenvalue weighted by molar-refractivity contribution is -0.123. The van der Waals surface area contributed by atoms with Crippen molar-refractivity contribution in [3.8, 4) is 5.69 Å². The zero-order valence-corrected chi connectivity index (χ0v) is 17.1. The van der Waals surface area contributed by atoms with Crippen molar-refractivity contribution in [3.05, 3.63) is 57.2 Å². The summed E-state index contributed by atoms with van der Waals surface area (Å²) < 4.78 is 7.20. The van der Waals surface area contributed by atoms with Gasteiger partial charge in [0.1, 0.15) is 0 Å². The molecule has 0 unspecified atom stereocenters. The highest BCUT2D eigenvalue weighted by Crippen LogP contribution is 2.34. The number of carbonyl (C=O) groups excluding carboxylic acids is 2. The van der Waals surface area contributed by atoms with E-state index in [9.17, 15) is 9.59 Å². The van der Waals surface area contributed by atoms with E-state index in [1.54, 1.807) is 7.11 Å². The lowest BCUT2D eigenvalue weighted by Gasteiger charge is -2.15. The molecule has 5 nitrogen and oxygen atoms in total. The maximum atomic E-state index is 12.6. The van der Waals surface area contributed by atoms with E-state index < -0.39 is 0 Å². The molecule has 2 heterocycles. The summed E-state index contributed by atoms with van der Waals surface area (Å²) in [5, 5.41) is -0.244. The van der Waals surface area contributed by atoms with Gasteiger partial charge in [0.15, 0.2) is 0 Å². The monoisotopic (exact) mass is 384 g/mol. The van der Waals surface area contributed by atoms with E-state index in [0.29, 0.717) is 11.5 Å². The molecular formula is C21H24N2O3S. The molecule has 0 radical (unpaired) electrons. The zero-order chi connectivity index (χ0) is 19.7. The lowest BCUT2D eigenvalue weighted by Crippen LogP contribution is -2.31. The molecule has 1 aliphatic heterocycles. The summed E-state index contributed by atoms with van der Waals surface area (Å²) in [7, 11) is 1.55. The molecule has 0 aliphatic carbocycles. The number of hydrogen-bond acceptors (Lipinski definition) is 4. The summed E-state index contributed by atoms with van der Waals surface area (Å²) in [6, 6.07) is 8.31. The highest BCUT2D eigenvalue weighted by molar-refractivity contribution is 8.18. The highest BCUT2D eigenvalue weighted by Gasteiger charge is 2.34. The predicted octanol–water partition coefficient (Wildman–Crippen LogP) is 4.39. The molecule has 2 amide bonds. The standard InChI is InChI=1S/C21H24N2O3S/c1-13-7-6-8-14(2)19(13)23-15(3)11-17(16(23)4)12-18-20(24)22(9-10-26-5)21(25)27-18/h6-8,11-12H,9-10H2,1-5H3/b18-12+. The fourth-order valence-corrected chi connectivity index (χ4v) is 4.31. The van der Waals surface area contributed by atoms with Crippen LogP contribution in [0.3, 0.4) is 0 Å². The number of amides is 2. The molecule has 0 spiro atoms. The molecule has 0 saturated carbocycles. The van der Waals surface area contributed by atoms with Crippen LogP contribution in [0.2, 0.25) is 0 Å². The normalized spacial score (nSPS) is 16.0. The minimum Gasteiger partial charge on any atom is -0.383 e. The number of nitrogens with zero attached hydrogens (tertiary/aromatic N) is 2. The van der Waals surface area contributed by atoms with Gasteiger partial charge in [-0.2, -0.15) is 0 Å². The Kier molecular flexibility index (Phi) is 5.58. The van der Waals surface area contributed by atoms with Crippen molar-refractivity contribution in [3.63, 3.8) is 0 Å². The molecule has 1 aromatic heterocycles. The summed E-state index contributed by atoms with van der Waals surface area (Å²) >= 11 is 0.987. The molecule has 1 saturated heterocycles. The summed E-state index contributed by atoms with van der Waals surface area (Å²) in [5.41, 5.74) is 6.66. The third-order valence-electron chi connectivity index (χ3n) is 4.81. The SMILES string of the molecule is COCCN1C(=O)S/C(=C/c2cc(C)n(-c3c(C)cccc3C)c2C)C1=O. The van der Waals surface area contributed by atoms with E-state index in [1.165, 1.54) is 21.7 Å². The van der Waals surface area contributed by atoms with E-state index in [1.807, 2.05) is 13.0 Å². The maximum Gasteiger partial charge on any atom is 0.293 e. The molecule has 27 heavy (non-hydrogen) atoms. The molecule has 1 aliphatic rings. The number of aryl methyl sites for hydroxylation is 3. The van der Waals surface area contributed by atoms with Crippen molar-refractivity contribution in [2.75, 3.05) is 20.3 Å². The van der Waals surface area contributed by atoms with Gasteiger partial charge in [-0.25, -0.2) is 0 Å². The van der Waals surface area contributed by atoms with E-state index in [-0.39, 0.29) is 17.7 Å². The predicted molar refractivity (Wildman–Crippen MR) is 109 cm³/mol. The molecular weight excluding hydrogens is 360 g/mol. The van der Waals surface area contributed by atoms with Gasteiger partial charge in [-0.15, -0.1) is 0 Å². The summed E-state index contributed by atoms with van der Waals surface area (Å²) in [4.78, 5) is 26.4. The van der Waals surface area contributed by atoms with E-state index in [0.717, 1.165) is 28.7 Å². The van der Waals surface area contributed by atoms with Crippen LogP contribution in [0.5, 0.6) is 0 Å². The van der Waals surface area contributed by atoms with Crippen molar-refractivity contribution < 1.29 is 14.3 Å². The number of ether oxygens (including phenoxy) is 1. The van der Waals surface area contributed by atoms with Crippen LogP contribution in [0.15, 0.2) is 29.2 Å². The molecule has 0 N–H and O–H groups in total. The van der Waals surface area contributed by atoms with Crippen LogP contribution in [-0.4, -0.2) is 40.9 Å². The fourth-order valence-electron chi connectivity index (χ4n) is 3.45. The first-order valence-corrected chi connectivity index (χ1v) is 9.66. The van der Waals surface area contributed by atoms with E-state index in [2.05, 4.69) is 49.6 Å². The Morgan fingerprint density at radius 3 is 2.41 bits per heavy atom. The number of para-hydroxylation sites is 1. The Morgan fingerprint density at radius 1 is 1.11 bits per heavy atom. The van der Waals surface area contributed by atoms with Crippen LogP contribution in [0, 0.1) is 27.7 Å². The maximum absolute atomic E-state index is 12.6. The number of hydrogen-bond donors (Lipinski definition) is 0. The van der Waals surface area contributed by atoms with Gasteiger partial charge < -0.3 is 9.30 Å². The minimum absolute atomic E-state index is 0.244. The number of methoxy groups -OCH3 is 1. The van der Waals surface area contributed by atoms with Crippen molar-refractivity contribution in [1.82, 2.24) is 9.47 Å². The van der Waals surface area contributed by atoms with Gasteiger partial charge in [0.25, 0.3) is 11.1 Å². The van der Waals surface area contributed by atoms with E-state index in [4.69, 9.17) is 4.74 Å². The average Bonchev–Trinajstić information content (AvgIpc) is 3.03. The summed E-state index contributed by atoms with van der Waals surface area (Å²) in [6.07, 6.45) is 1.82. The van der Waals surface area contributed by atoms with Crippen LogP contribution in [0.25, 0.3) is 11.8 Å². The van der Waals surface area contributed by atoms with Crippen molar-refractivity contribution in [2.24, 2.45) is 0 Å². The van der Waals surface area contributed by atoms with Gasteiger partial charge in [0, 0.05) is 18.5 Å². The number of benzene rings is 1. The van der Waals surface area contributed by atoms with Crippen molar-refractivity contribution in [1.29, 1.82) is 0 Å². The molecule has 6 heteroatoms. The minimum atomic E-state index is -0.251. The van der Waals surface area contributed by atoms with Gasteiger partial charge in [0.05, 0.1) is 23.7 Å². The molecule has 3 rings (SSSR count). The van der Waals surface area contributed by atoms with Crippen LogP contribution >= 0.6 is 11.8 Å². The molecule has 1 fully saturated rings. The van der Waals surface area contributed by atoms with Crippen LogP contribution in [0.4, 0.5) is 4.79 Å². The van der Waals surface area contributed by atoms with Crippen molar-refractivity contribution >= 4 is 29.0 Å². The molecule has 142 valence electrons. The summed E-state index contributed by atoms with van der Waals surface area (Å²) in [5.74, 6) is -0.251. The second-order valence-electron chi connectivity index (χ2n) is 6.73. The third-order valence-corrected chi connectivity index (χ3v) is 5.72. The molecule has 1 aromatic carbocycles. The van der Waals surface area contributed by atoms with Gasteiger partial charge in [-0.1, -0.05) is 18.2 Å². The second-order valence-corrected chi connectivity index (χ2v) is 7.72.